The van der Waals surface area contributed by atoms with E-state index in [9.17, 15) is 4.79 Å². The van der Waals surface area contributed by atoms with Crippen LogP contribution >= 0.6 is 23.4 Å². The number of benzene rings is 2. The van der Waals surface area contributed by atoms with Gasteiger partial charge in [0.2, 0.25) is 11.1 Å². The van der Waals surface area contributed by atoms with Crippen LogP contribution in [0.2, 0.25) is 5.02 Å². The fourth-order valence-electron chi connectivity index (χ4n) is 2.26. The second-order valence-corrected chi connectivity index (χ2v) is 6.90. The number of anilines is 1. The first kappa shape index (κ1) is 17.5. The molecule has 128 valence electrons. The fraction of sp³-hybridized carbons (Fsp3) is 0.167. The largest absolute Gasteiger partial charge is 0.325 e. The molecule has 0 unspecified atom stereocenters. The zero-order chi connectivity index (χ0) is 17.6. The Morgan fingerprint density at radius 2 is 2.04 bits per heavy atom. The molecule has 0 fully saturated rings. The molecule has 0 saturated carbocycles. The molecule has 0 radical (unpaired) electrons. The maximum absolute atomic E-state index is 12.1. The van der Waals surface area contributed by atoms with Gasteiger partial charge in [-0.25, -0.2) is 4.98 Å². The van der Waals surface area contributed by atoms with Crippen LogP contribution in [0.4, 0.5) is 5.69 Å². The summed E-state index contributed by atoms with van der Waals surface area (Å²) in [5.74, 6) is 0.888. The quantitative estimate of drug-likeness (QED) is 0.639. The molecule has 0 aliphatic rings. The number of hydrogen-bond acceptors (Lipinski definition) is 4. The van der Waals surface area contributed by atoms with Crippen molar-refractivity contribution in [1.29, 1.82) is 0 Å². The Morgan fingerprint density at radius 1 is 1.24 bits per heavy atom. The van der Waals surface area contributed by atoms with Crippen molar-refractivity contribution < 1.29 is 4.79 Å². The maximum atomic E-state index is 12.1. The number of carbonyl (C=O) groups is 1. The van der Waals surface area contributed by atoms with Crippen LogP contribution in [0.25, 0.3) is 0 Å². The molecule has 0 spiro atoms. The number of aromatic amines is 1. The smallest absolute Gasteiger partial charge is 0.234 e. The number of hydrogen-bond donors (Lipinski definition) is 2. The van der Waals surface area contributed by atoms with Crippen LogP contribution in [-0.2, 0) is 11.2 Å². The molecular formula is C18H17ClN4OS. The number of carbonyl (C=O) groups excluding carboxylic acids is 1. The molecular weight excluding hydrogens is 356 g/mol. The Labute approximate surface area is 155 Å². The van der Waals surface area contributed by atoms with Crippen LogP contribution in [0.15, 0.2) is 53.7 Å². The highest BCUT2D eigenvalue weighted by Gasteiger charge is 2.10. The zero-order valence-electron chi connectivity index (χ0n) is 13.6. The highest BCUT2D eigenvalue weighted by Crippen LogP contribution is 2.21. The van der Waals surface area contributed by atoms with E-state index in [4.69, 9.17) is 11.6 Å². The van der Waals surface area contributed by atoms with E-state index in [1.807, 2.05) is 43.3 Å². The molecule has 2 aromatic carbocycles. The first-order chi connectivity index (χ1) is 12.1. The van der Waals surface area contributed by atoms with Crippen LogP contribution in [0.5, 0.6) is 0 Å². The third-order valence-electron chi connectivity index (χ3n) is 3.53. The topological polar surface area (TPSA) is 70.7 Å². The normalized spacial score (nSPS) is 10.6. The molecule has 1 heterocycles. The molecule has 1 aromatic heterocycles. The summed E-state index contributed by atoms with van der Waals surface area (Å²) in [6.07, 6.45) is 0.683. The summed E-state index contributed by atoms with van der Waals surface area (Å²) in [4.78, 5) is 16.5. The van der Waals surface area contributed by atoms with E-state index in [2.05, 4.69) is 20.5 Å². The minimum absolute atomic E-state index is 0.121. The third kappa shape index (κ3) is 5.08. The lowest BCUT2D eigenvalue weighted by Crippen LogP contribution is -2.14. The molecule has 0 saturated heterocycles. The third-order valence-corrected chi connectivity index (χ3v) is 4.61. The Morgan fingerprint density at radius 3 is 2.84 bits per heavy atom. The van der Waals surface area contributed by atoms with Crippen molar-refractivity contribution >= 4 is 35.0 Å². The van der Waals surface area contributed by atoms with Crippen molar-refractivity contribution in [3.05, 3.63) is 70.5 Å². The number of aryl methyl sites for hydroxylation is 1. The van der Waals surface area contributed by atoms with Crippen molar-refractivity contribution in [1.82, 2.24) is 15.2 Å². The van der Waals surface area contributed by atoms with Crippen molar-refractivity contribution in [2.24, 2.45) is 0 Å². The minimum atomic E-state index is -0.121. The van der Waals surface area contributed by atoms with Gasteiger partial charge in [0.15, 0.2) is 0 Å². The number of halogens is 1. The summed E-state index contributed by atoms with van der Waals surface area (Å²) in [6, 6.07) is 15.4. The lowest BCUT2D eigenvalue weighted by Gasteiger charge is -2.07. The number of amides is 1. The zero-order valence-corrected chi connectivity index (χ0v) is 15.2. The van der Waals surface area contributed by atoms with Crippen LogP contribution in [0, 0.1) is 6.92 Å². The minimum Gasteiger partial charge on any atom is -0.325 e. The highest BCUT2D eigenvalue weighted by molar-refractivity contribution is 7.99. The summed E-state index contributed by atoms with van der Waals surface area (Å²) in [7, 11) is 0. The molecule has 3 aromatic rings. The average molecular weight is 373 g/mol. The number of rotatable bonds is 6. The van der Waals surface area contributed by atoms with Crippen molar-refractivity contribution in [2.75, 3.05) is 11.1 Å². The Kier molecular flexibility index (Phi) is 5.73. The summed E-state index contributed by atoms with van der Waals surface area (Å²) in [5.41, 5.74) is 2.84. The molecule has 0 aliphatic carbocycles. The van der Waals surface area contributed by atoms with E-state index in [1.54, 1.807) is 12.1 Å². The van der Waals surface area contributed by atoms with Gasteiger partial charge in [-0.1, -0.05) is 59.8 Å². The van der Waals surface area contributed by atoms with E-state index < -0.39 is 0 Å². The van der Waals surface area contributed by atoms with Gasteiger partial charge in [-0.2, -0.15) is 0 Å². The second kappa shape index (κ2) is 8.18. The molecule has 7 heteroatoms. The van der Waals surface area contributed by atoms with Gasteiger partial charge in [-0.05, 0) is 30.2 Å². The lowest BCUT2D eigenvalue weighted by molar-refractivity contribution is -0.113. The van der Waals surface area contributed by atoms with E-state index in [-0.39, 0.29) is 11.7 Å². The van der Waals surface area contributed by atoms with E-state index in [0.29, 0.717) is 16.6 Å². The molecule has 5 nitrogen and oxygen atoms in total. The first-order valence-corrected chi connectivity index (χ1v) is 9.10. The lowest BCUT2D eigenvalue weighted by atomic mass is 10.1. The van der Waals surface area contributed by atoms with Gasteiger partial charge in [0.1, 0.15) is 5.82 Å². The fourth-order valence-corrected chi connectivity index (χ4v) is 3.05. The summed E-state index contributed by atoms with van der Waals surface area (Å²) < 4.78 is 0. The van der Waals surface area contributed by atoms with E-state index in [1.165, 1.54) is 11.8 Å². The Bertz CT molecular complexity index is 867. The Hall–Kier alpha value is -2.31. The number of thioether (sulfide) groups is 1. The monoisotopic (exact) mass is 372 g/mol. The van der Waals surface area contributed by atoms with Crippen molar-refractivity contribution in [3.63, 3.8) is 0 Å². The molecule has 0 aliphatic heterocycles. The SMILES string of the molecule is Cc1ccc(Cl)cc1NC(=O)CSc1n[nH]c(Cc2ccccc2)n1. The summed E-state index contributed by atoms with van der Waals surface area (Å²) >= 11 is 7.25. The molecule has 2 N–H and O–H groups in total. The van der Waals surface area contributed by atoms with Gasteiger partial charge >= 0.3 is 0 Å². The van der Waals surface area contributed by atoms with Crippen molar-refractivity contribution in [2.45, 2.75) is 18.5 Å². The average Bonchev–Trinajstić information content (AvgIpc) is 3.05. The number of aromatic nitrogens is 3. The number of nitrogens with one attached hydrogen (secondary N) is 2. The summed E-state index contributed by atoms with van der Waals surface area (Å²) in [6.45, 7) is 1.92. The van der Waals surface area contributed by atoms with Gasteiger partial charge in [0, 0.05) is 17.1 Å². The van der Waals surface area contributed by atoms with Gasteiger partial charge < -0.3 is 5.32 Å². The van der Waals surface area contributed by atoms with Gasteiger partial charge in [-0.15, -0.1) is 5.10 Å². The molecule has 0 atom stereocenters. The molecule has 0 bridgehead atoms. The predicted octanol–water partition coefficient (Wildman–Crippen LogP) is 4.09. The highest BCUT2D eigenvalue weighted by atomic mass is 35.5. The van der Waals surface area contributed by atoms with Crippen LogP contribution in [0.3, 0.4) is 0 Å². The summed E-state index contributed by atoms with van der Waals surface area (Å²) in [5, 5.41) is 11.1. The molecule has 1 amide bonds. The predicted molar refractivity (Wildman–Crippen MR) is 101 cm³/mol. The second-order valence-electron chi connectivity index (χ2n) is 5.52. The molecule has 3 rings (SSSR count). The van der Waals surface area contributed by atoms with Crippen molar-refractivity contribution in [3.8, 4) is 0 Å². The molecule has 25 heavy (non-hydrogen) atoms. The standard InChI is InChI=1S/C18H17ClN4OS/c1-12-7-8-14(19)10-15(12)20-17(24)11-25-18-21-16(22-23-18)9-13-5-3-2-4-6-13/h2-8,10H,9,11H2,1H3,(H,20,24)(H,21,22,23). The van der Waals surface area contributed by atoms with Gasteiger partial charge in [-0.3, -0.25) is 9.89 Å². The van der Waals surface area contributed by atoms with Crippen LogP contribution in [-0.4, -0.2) is 26.8 Å². The van der Waals surface area contributed by atoms with Crippen LogP contribution < -0.4 is 5.32 Å². The van der Waals surface area contributed by atoms with E-state index >= 15 is 0 Å². The number of H-pyrrole nitrogens is 1. The van der Waals surface area contributed by atoms with Crippen LogP contribution in [0.1, 0.15) is 17.0 Å². The van der Waals surface area contributed by atoms with E-state index in [0.717, 1.165) is 22.6 Å². The maximum Gasteiger partial charge on any atom is 0.234 e. The van der Waals surface area contributed by atoms with Gasteiger partial charge in [0.25, 0.3) is 0 Å². The van der Waals surface area contributed by atoms with Gasteiger partial charge in [0.05, 0.1) is 5.75 Å². The number of nitrogens with zero attached hydrogens (tertiary/aromatic N) is 2. The Balaban J connectivity index is 1.53. The first-order valence-electron chi connectivity index (χ1n) is 7.74.